The molecule has 0 radical (unpaired) electrons. The number of hydrogen-bond donors (Lipinski definition) is 0. The van der Waals surface area contributed by atoms with E-state index < -0.39 is 21.8 Å². The van der Waals surface area contributed by atoms with Gasteiger partial charge in [0, 0.05) is 5.75 Å². The van der Waals surface area contributed by atoms with Crippen LogP contribution in [0.4, 0.5) is 13.2 Å². The summed E-state index contributed by atoms with van der Waals surface area (Å²) < 4.78 is 61.6. The van der Waals surface area contributed by atoms with Crippen LogP contribution in [0.2, 0.25) is 0 Å². The predicted octanol–water partition coefficient (Wildman–Crippen LogP) is 2.57. The van der Waals surface area contributed by atoms with Gasteiger partial charge < -0.3 is 0 Å². The van der Waals surface area contributed by atoms with Crippen LogP contribution in [0, 0.1) is 0 Å². The van der Waals surface area contributed by atoms with Crippen LogP contribution in [0.15, 0.2) is 29.3 Å². The van der Waals surface area contributed by atoms with E-state index in [4.69, 9.17) is 0 Å². The summed E-state index contributed by atoms with van der Waals surface area (Å²) in [5.41, 5.74) is -0.0247. The fourth-order valence-corrected chi connectivity index (χ4v) is 4.00. The fourth-order valence-electron chi connectivity index (χ4n) is 1.77. The highest BCUT2D eigenvalue weighted by Crippen LogP contribution is 2.30. The van der Waals surface area contributed by atoms with E-state index in [-0.39, 0.29) is 0 Å². The molecule has 0 N–H and O–H groups in total. The van der Waals surface area contributed by atoms with E-state index in [1.807, 2.05) is 0 Å². The van der Waals surface area contributed by atoms with E-state index in [9.17, 15) is 21.6 Å². The van der Waals surface area contributed by atoms with Gasteiger partial charge in [0.05, 0.1) is 24.9 Å². The molecule has 4 nitrogen and oxygen atoms in total. The molecule has 0 aromatic heterocycles. The Labute approximate surface area is 125 Å². The van der Waals surface area contributed by atoms with Crippen molar-refractivity contribution in [3.63, 3.8) is 0 Å². The Morgan fingerprint density at radius 1 is 1.29 bits per heavy atom. The molecule has 1 aromatic rings. The minimum absolute atomic E-state index is 0.314. The average molecular weight is 338 g/mol. The SMILES string of the molecule is CS(=O)(=O)N1CCN=C1SCc1ccc(C(F)(F)F)cc1. The second-order valence-corrected chi connectivity index (χ2v) is 7.33. The molecule has 0 saturated carbocycles. The smallest absolute Gasteiger partial charge is 0.260 e. The molecule has 2 rings (SSSR count). The van der Waals surface area contributed by atoms with E-state index in [0.717, 1.165) is 18.4 Å². The summed E-state index contributed by atoms with van der Waals surface area (Å²) in [6.07, 6.45) is -3.25. The van der Waals surface area contributed by atoms with Crippen LogP contribution in [-0.2, 0) is 22.0 Å². The highest BCUT2D eigenvalue weighted by Gasteiger charge is 2.30. The zero-order valence-corrected chi connectivity index (χ0v) is 12.7. The van der Waals surface area contributed by atoms with Crippen LogP contribution in [0.5, 0.6) is 0 Å². The lowest BCUT2D eigenvalue weighted by molar-refractivity contribution is -0.137. The zero-order valence-electron chi connectivity index (χ0n) is 11.1. The number of thioether (sulfide) groups is 1. The van der Waals surface area contributed by atoms with E-state index in [0.29, 0.717) is 29.6 Å². The first-order valence-electron chi connectivity index (χ1n) is 5.99. The summed E-state index contributed by atoms with van der Waals surface area (Å²) in [7, 11) is -3.35. The molecule has 116 valence electrons. The van der Waals surface area contributed by atoms with Gasteiger partial charge in [-0.1, -0.05) is 23.9 Å². The van der Waals surface area contributed by atoms with Crippen molar-refractivity contribution < 1.29 is 21.6 Å². The molecule has 0 amide bonds. The molecule has 1 aliphatic rings. The summed E-state index contributed by atoms with van der Waals surface area (Å²) in [6, 6.07) is 4.80. The second kappa shape index (κ2) is 5.88. The van der Waals surface area contributed by atoms with Crippen molar-refractivity contribution in [3.05, 3.63) is 35.4 Å². The predicted molar refractivity (Wildman–Crippen MR) is 76.6 cm³/mol. The Morgan fingerprint density at radius 2 is 1.90 bits per heavy atom. The standard InChI is InChI=1S/C12H13F3N2O2S2/c1-21(18,19)17-7-6-16-11(17)20-8-9-2-4-10(5-3-9)12(13,14)15/h2-5H,6-8H2,1H3. The van der Waals surface area contributed by atoms with Gasteiger partial charge in [-0.25, -0.2) is 12.7 Å². The molecule has 0 fully saturated rings. The molecule has 9 heteroatoms. The van der Waals surface area contributed by atoms with Gasteiger partial charge in [-0.2, -0.15) is 13.2 Å². The summed E-state index contributed by atoms with van der Waals surface area (Å²) in [5, 5.41) is 0.386. The molecule has 0 unspecified atom stereocenters. The number of hydrogen-bond acceptors (Lipinski definition) is 4. The number of nitrogens with zero attached hydrogens (tertiary/aromatic N) is 2. The third-order valence-corrected chi connectivity index (χ3v) is 5.17. The summed E-state index contributed by atoms with van der Waals surface area (Å²) in [5.74, 6) is 0.364. The van der Waals surface area contributed by atoms with Gasteiger partial charge in [0.1, 0.15) is 0 Å². The third kappa shape index (κ3) is 4.13. The van der Waals surface area contributed by atoms with Crippen molar-refractivity contribution in [1.29, 1.82) is 0 Å². The van der Waals surface area contributed by atoms with Gasteiger partial charge in [0.15, 0.2) is 5.17 Å². The number of aliphatic imine (C=N–C) groups is 1. The van der Waals surface area contributed by atoms with Crippen LogP contribution in [0.1, 0.15) is 11.1 Å². The lowest BCUT2D eigenvalue weighted by Crippen LogP contribution is -2.31. The number of benzene rings is 1. The average Bonchev–Trinajstić information content (AvgIpc) is 2.84. The monoisotopic (exact) mass is 338 g/mol. The van der Waals surface area contributed by atoms with Crippen LogP contribution >= 0.6 is 11.8 Å². The molecule has 0 bridgehead atoms. The first kappa shape index (κ1) is 16.2. The van der Waals surface area contributed by atoms with Gasteiger partial charge in [-0.3, -0.25) is 4.99 Å². The largest absolute Gasteiger partial charge is 0.416 e. The van der Waals surface area contributed by atoms with Gasteiger partial charge >= 0.3 is 6.18 Å². The van der Waals surface area contributed by atoms with Crippen LogP contribution < -0.4 is 0 Å². The molecule has 1 aromatic carbocycles. The van der Waals surface area contributed by atoms with Crippen molar-refractivity contribution in [2.75, 3.05) is 19.3 Å². The molecular formula is C12H13F3N2O2S2. The summed E-state index contributed by atoms with van der Waals surface area (Å²) >= 11 is 1.20. The molecule has 1 aliphatic heterocycles. The van der Waals surface area contributed by atoms with Gasteiger partial charge in [0.25, 0.3) is 0 Å². The van der Waals surface area contributed by atoms with Gasteiger partial charge in [-0.15, -0.1) is 0 Å². The maximum absolute atomic E-state index is 12.4. The highest BCUT2D eigenvalue weighted by atomic mass is 32.2. The van der Waals surface area contributed by atoms with Gasteiger partial charge in [0.2, 0.25) is 10.0 Å². The number of rotatable bonds is 3. The Hall–Kier alpha value is -1.22. The van der Waals surface area contributed by atoms with E-state index in [1.165, 1.54) is 28.2 Å². The third-order valence-electron chi connectivity index (χ3n) is 2.81. The lowest BCUT2D eigenvalue weighted by atomic mass is 10.1. The number of amidine groups is 1. The summed E-state index contributed by atoms with van der Waals surface area (Å²) in [6.45, 7) is 0.719. The van der Waals surface area contributed by atoms with Crippen molar-refractivity contribution in [2.24, 2.45) is 4.99 Å². The van der Waals surface area contributed by atoms with Crippen LogP contribution in [-0.4, -0.2) is 37.2 Å². The molecule has 0 atom stereocenters. The quantitative estimate of drug-likeness (QED) is 0.851. The van der Waals surface area contributed by atoms with Gasteiger partial charge in [-0.05, 0) is 17.7 Å². The second-order valence-electron chi connectivity index (χ2n) is 4.48. The van der Waals surface area contributed by atoms with Crippen molar-refractivity contribution in [2.45, 2.75) is 11.9 Å². The minimum Gasteiger partial charge on any atom is -0.260 e. The topological polar surface area (TPSA) is 49.7 Å². The Bertz CT molecular complexity index is 639. The number of alkyl halides is 3. The number of halogens is 3. The first-order chi connectivity index (χ1) is 9.68. The maximum atomic E-state index is 12.4. The fraction of sp³-hybridized carbons (Fsp3) is 0.417. The van der Waals surface area contributed by atoms with Crippen molar-refractivity contribution in [1.82, 2.24) is 4.31 Å². The lowest BCUT2D eigenvalue weighted by Gasteiger charge is -2.16. The Kier molecular flexibility index (Phi) is 4.52. The molecule has 21 heavy (non-hydrogen) atoms. The van der Waals surface area contributed by atoms with E-state index in [2.05, 4.69) is 4.99 Å². The first-order valence-corrected chi connectivity index (χ1v) is 8.82. The van der Waals surface area contributed by atoms with Crippen molar-refractivity contribution in [3.8, 4) is 0 Å². The zero-order chi connectivity index (χ0) is 15.7. The normalized spacial score (nSPS) is 16.2. The highest BCUT2D eigenvalue weighted by molar-refractivity contribution is 8.14. The maximum Gasteiger partial charge on any atom is 0.416 e. The molecule has 0 spiro atoms. The van der Waals surface area contributed by atoms with Crippen molar-refractivity contribution >= 4 is 27.0 Å². The van der Waals surface area contributed by atoms with Crippen LogP contribution in [0.25, 0.3) is 0 Å². The van der Waals surface area contributed by atoms with Crippen LogP contribution in [0.3, 0.4) is 0 Å². The molecule has 0 saturated heterocycles. The Morgan fingerprint density at radius 3 is 2.43 bits per heavy atom. The van der Waals surface area contributed by atoms with E-state index in [1.54, 1.807) is 0 Å². The molecular weight excluding hydrogens is 325 g/mol. The molecule has 1 heterocycles. The minimum atomic E-state index is -4.35. The van der Waals surface area contributed by atoms with E-state index >= 15 is 0 Å². The summed E-state index contributed by atoms with van der Waals surface area (Å²) in [4.78, 5) is 4.10. The Balaban J connectivity index is 2.01. The molecule has 0 aliphatic carbocycles. The number of sulfonamides is 1.